The molecule has 6 nitrogen and oxygen atoms in total. The van der Waals surface area contributed by atoms with E-state index in [9.17, 15) is 9.59 Å². The van der Waals surface area contributed by atoms with Gasteiger partial charge in [-0.2, -0.15) is 5.26 Å². The Morgan fingerprint density at radius 3 is 2.53 bits per heavy atom. The number of fused-ring (bicyclic) bond motifs is 1. The lowest BCUT2D eigenvalue weighted by molar-refractivity contribution is 0.0694. The number of rotatable bonds is 2. The van der Waals surface area contributed by atoms with Crippen molar-refractivity contribution in [2.24, 2.45) is 0 Å². The average Bonchev–Trinajstić information content (AvgIpc) is 3.07. The van der Waals surface area contributed by atoms with Gasteiger partial charge in [-0.1, -0.05) is 32.9 Å². The Labute approximate surface area is 175 Å². The highest BCUT2D eigenvalue weighted by atomic mass is 16.4. The fourth-order valence-electron chi connectivity index (χ4n) is 4.08. The number of aromatic nitrogens is 1. The van der Waals surface area contributed by atoms with Gasteiger partial charge in [0, 0.05) is 24.7 Å². The van der Waals surface area contributed by atoms with E-state index in [0.717, 1.165) is 11.1 Å². The van der Waals surface area contributed by atoms with Crippen molar-refractivity contribution in [3.05, 3.63) is 69.7 Å². The zero-order valence-corrected chi connectivity index (χ0v) is 17.5. The number of hydrogen-bond acceptors (Lipinski definition) is 4. The summed E-state index contributed by atoms with van der Waals surface area (Å²) in [7, 11) is 0. The summed E-state index contributed by atoms with van der Waals surface area (Å²) in [4.78, 5) is 27.2. The van der Waals surface area contributed by atoms with E-state index in [2.05, 4.69) is 26.8 Å². The van der Waals surface area contributed by atoms with Crippen molar-refractivity contribution >= 4 is 17.0 Å². The molecule has 0 saturated carbocycles. The quantitative estimate of drug-likeness (QED) is 0.641. The van der Waals surface area contributed by atoms with E-state index >= 15 is 0 Å². The van der Waals surface area contributed by atoms with Crippen LogP contribution in [0.1, 0.15) is 61.1 Å². The molecule has 2 heterocycles. The lowest BCUT2D eigenvalue weighted by Gasteiger charge is -2.32. The van der Waals surface area contributed by atoms with Crippen molar-refractivity contribution in [1.82, 2.24) is 9.47 Å². The Hall–Kier alpha value is -3.33. The maximum atomic E-state index is 12.8. The summed E-state index contributed by atoms with van der Waals surface area (Å²) in [6.07, 6.45) is 1.36. The van der Waals surface area contributed by atoms with Crippen molar-refractivity contribution in [3.8, 4) is 6.07 Å². The number of hydrogen-bond donors (Lipinski definition) is 0. The van der Waals surface area contributed by atoms with Gasteiger partial charge >= 0.3 is 5.76 Å². The van der Waals surface area contributed by atoms with Gasteiger partial charge in [-0.15, -0.1) is 0 Å². The number of carbonyl (C=O) groups is 1. The Balaban J connectivity index is 1.56. The van der Waals surface area contributed by atoms with Crippen LogP contribution >= 0.6 is 0 Å². The summed E-state index contributed by atoms with van der Waals surface area (Å²) in [6, 6.07) is 14.7. The van der Waals surface area contributed by atoms with Crippen molar-refractivity contribution in [1.29, 1.82) is 5.26 Å². The highest BCUT2D eigenvalue weighted by Gasteiger charge is 2.28. The van der Waals surface area contributed by atoms with Gasteiger partial charge in [-0.25, -0.2) is 4.79 Å². The van der Waals surface area contributed by atoms with Gasteiger partial charge in [-0.3, -0.25) is 9.36 Å². The number of piperidine rings is 1. The number of benzene rings is 2. The number of nitrogens with zero attached hydrogens (tertiary/aromatic N) is 3. The van der Waals surface area contributed by atoms with Crippen LogP contribution in [0.5, 0.6) is 0 Å². The maximum absolute atomic E-state index is 12.8. The van der Waals surface area contributed by atoms with Crippen LogP contribution in [-0.4, -0.2) is 28.5 Å². The molecule has 4 rings (SSSR count). The lowest BCUT2D eigenvalue weighted by Crippen LogP contribution is -2.40. The smallest absolute Gasteiger partial charge is 0.408 e. The first kappa shape index (κ1) is 20.0. The molecule has 1 aromatic heterocycles. The fourth-order valence-corrected chi connectivity index (χ4v) is 4.08. The molecule has 0 N–H and O–H groups in total. The third kappa shape index (κ3) is 3.63. The number of amides is 1. The van der Waals surface area contributed by atoms with Crippen LogP contribution in [0, 0.1) is 11.3 Å². The van der Waals surface area contributed by atoms with Crippen LogP contribution in [0.25, 0.3) is 11.1 Å². The molecule has 1 aliphatic heterocycles. The third-order valence-electron chi connectivity index (χ3n) is 5.83. The van der Waals surface area contributed by atoms with Gasteiger partial charge in [0.1, 0.15) is 0 Å². The van der Waals surface area contributed by atoms with Crippen LogP contribution in [0.2, 0.25) is 0 Å². The first-order valence-corrected chi connectivity index (χ1v) is 10.2. The van der Waals surface area contributed by atoms with Crippen molar-refractivity contribution < 1.29 is 9.21 Å². The number of likely N-dealkylation sites (tertiary alicyclic amines) is 1. The molecule has 3 aromatic rings. The molecule has 0 atom stereocenters. The monoisotopic (exact) mass is 403 g/mol. The second-order valence-corrected chi connectivity index (χ2v) is 8.89. The number of oxazole rings is 1. The molecule has 1 saturated heterocycles. The minimum Gasteiger partial charge on any atom is -0.408 e. The second-order valence-electron chi connectivity index (χ2n) is 8.89. The molecule has 0 radical (unpaired) electrons. The molecule has 0 spiro atoms. The van der Waals surface area contributed by atoms with Gasteiger partial charge in [0.2, 0.25) is 0 Å². The zero-order valence-electron chi connectivity index (χ0n) is 17.5. The van der Waals surface area contributed by atoms with E-state index in [0.29, 0.717) is 42.6 Å². The van der Waals surface area contributed by atoms with Crippen LogP contribution in [-0.2, 0) is 5.41 Å². The van der Waals surface area contributed by atoms with E-state index in [-0.39, 0.29) is 23.1 Å². The van der Waals surface area contributed by atoms with Gasteiger partial charge in [-0.05, 0) is 54.2 Å². The summed E-state index contributed by atoms with van der Waals surface area (Å²) in [5, 5.41) is 9.06. The van der Waals surface area contributed by atoms with Gasteiger partial charge in [0.05, 0.1) is 17.1 Å². The Morgan fingerprint density at radius 2 is 1.87 bits per heavy atom. The van der Waals surface area contributed by atoms with Crippen molar-refractivity contribution in [2.75, 3.05) is 13.1 Å². The minimum absolute atomic E-state index is 0.0107. The van der Waals surface area contributed by atoms with Crippen LogP contribution in [0.3, 0.4) is 0 Å². The van der Waals surface area contributed by atoms with Crippen LogP contribution < -0.4 is 5.76 Å². The molecular formula is C24H25N3O3. The molecular weight excluding hydrogens is 378 g/mol. The maximum Gasteiger partial charge on any atom is 0.420 e. The number of nitriles is 1. The van der Waals surface area contributed by atoms with Crippen molar-refractivity contribution in [2.45, 2.75) is 45.1 Å². The highest BCUT2D eigenvalue weighted by Crippen LogP contribution is 2.30. The SMILES string of the molecule is CC(C)(C)c1ccc2oc(=O)n(C3CCN(C(=O)c4cccc(C#N)c4)CC3)c2c1. The largest absolute Gasteiger partial charge is 0.420 e. The summed E-state index contributed by atoms with van der Waals surface area (Å²) in [5.74, 6) is -0.424. The molecule has 6 heteroatoms. The molecule has 2 aromatic carbocycles. The minimum atomic E-state index is -0.345. The van der Waals surface area contributed by atoms with Crippen molar-refractivity contribution in [3.63, 3.8) is 0 Å². The van der Waals surface area contributed by atoms with E-state index < -0.39 is 0 Å². The van der Waals surface area contributed by atoms with Gasteiger partial charge in [0.25, 0.3) is 5.91 Å². The topological polar surface area (TPSA) is 79.2 Å². The normalized spacial score (nSPS) is 15.3. The van der Waals surface area contributed by atoms with E-state index in [4.69, 9.17) is 9.68 Å². The third-order valence-corrected chi connectivity index (χ3v) is 5.83. The second kappa shape index (κ2) is 7.49. The molecule has 1 amide bonds. The summed E-state index contributed by atoms with van der Waals surface area (Å²) in [6.45, 7) is 7.53. The molecule has 0 aliphatic carbocycles. The summed E-state index contributed by atoms with van der Waals surface area (Å²) in [5.41, 5.74) is 3.53. The van der Waals surface area contributed by atoms with Gasteiger partial charge in [0.15, 0.2) is 5.58 Å². The zero-order chi connectivity index (χ0) is 21.5. The molecule has 1 fully saturated rings. The lowest BCUT2D eigenvalue weighted by atomic mass is 9.87. The van der Waals surface area contributed by atoms with E-state index in [1.807, 2.05) is 18.2 Å². The average molecular weight is 403 g/mol. The van der Waals surface area contributed by atoms with Crippen LogP contribution in [0.15, 0.2) is 51.7 Å². The fraction of sp³-hybridized carbons (Fsp3) is 0.375. The van der Waals surface area contributed by atoms with E-state index in [1.54, 1.807) is 33.7 Å². The Bertz CT molecular complexity index is 1200. The first-order valence-electron chi connectivity index (χ1n) is 10.2. The van der Waals surface area contributed by atoms with Crippen LogP contribution in [0.4, 0.5) is 0 Å². The van der Waals surface area contributed by atoms with E-state index in [1.165, 1.54) is 0 Å². The summed E-state index contributed by atoms with van der Waals surface area (Å²) >= 11 is 0. The standard InChI is InChI=1S/C24H25N3O3/c1-24(2,3)18-7-8-21-20(14-18)27(23(29)30-21)19-9-11-26(12-10-19)22(28)17-6-4-5-16(13-17)15-25/h4-8,13-14,19H,9-12H2,1-3H3. The predicted molar refractivity (Wildman–Crippen MR) is 115 cm³/mol. The predicted octanol–water partition coefficient (Wildman–Crippen LogP) is 4.24. The molecule has 30 heavy (non-hydrogen) atoms. The van der Waals surface area contributed by atoms with Gasteiger partial charge < -0.3 is 9.32 Å². The molecule has 0 unspecified atom stereocenters. The molecule has 0 bridgehead atoms. The molecule has 154 valence electrons. The Kier molecular flexibility index (Phi) is 4.98. The first-order chi connectivity index (χ1) is 14.3. The Morgan fingerprint density at radius 1 is 1.13 bits per heavy atom. The summed E-state index contributed by atoms with van der Waals surface area (Å²) < 4.78 is 7.24. The number of carbonyl (C=O) groups excluding carboxylic acids is 1. The molecule has 1 aliphatic rings. The highest BCUT2D eigenvalue weighted by molar-refractivity contribution is 5.94.